The number of rotatable bonds is 12. The van der Waals surface area contributed by atoms with Gasteiger partial charge in [-0.2, -0.15) is 0 Å². The van der Waals surface area contributed by atoms with Gasteiger partial charge in [-0.1, -0.05) is 57.9 Å². The molecule has 1 fully saturated rings. The van der Waals surface area contributed by atoms with Crippen molar-refractivity contribution in [2.45, 2.75) is 84.3 Å². The van der Waals surface area contributed by atoms with E-state index in [0.717, 1.165) is 19.3 Å². The van der Waals surface area contributed by atoms with Crippen LogP contribution in [0.1, 0.15) is 72.1 Å². The van der Waals surface area contributed by atoms with Crippen molar-refractivity contribution in [1.29, 1.82) is 0 Å². The van der Waals surface area contributed by atoms with Crippen molar-refractivity contribution in [2.75, 3.05) is 0 Å². The number of aliphatic hydroxyl groups is 2. The molecule has 4 atom stereocenters. The first-order chi connectivity index (χ1) is 12.7. The van der Waals surface area contributed by atoms with Gasteiger partial charge in [0.1, 0.15) is 5.78 Å². The number of carbonyl (C=O) groups is 2. The minimum Gasteiger partial charge on any atom is -0.481 e. The summed E-state index contributed by atoms with van der Waals surface area (Å²) in [5, 5.41) is 29.3. The van der Waals surface area contributed by atoms with Crippen LogP contribution < -0.4 is 0 Å². The van der Waals surface area contributed by atoms with Crippen LogP contribution in [0, 0.1) is 17.3 Å². The van der Waals surface area contributed by atoms with Crippen LogP contribution in [0.2, 0.25) is 0 Å². The van der Waals surface area contributed by atoms with E-state index in [-0.39, 0.29) is 35.9 Å². The molecule has 0 spiro atoms. The van der Waals surface area contributed by atoms with Gasteiger partial charge >= 0.3 is 5.97 Å². The van der Waals surface area contributed by atoms with Crippen LogP contribution in [0.3, 0.4) is 0 Å². The van der Waals surface area contributed by atoms with Gasteiger partial charge in [-0.25, -0.2) is 0 Å². The second-order valence-corrected chi connectivity index (χ2v) is 8.34. The van der Waals surface area contributed by atoms with E-state index in [1.807, 2.05) is 26.0 Å². The number of allylic oxidation sites excluding steroid dienone is 3. The van der Waals surface area contributed by atoms with Crippen LogP contribution in [0.25, 0.3) is 0 Å². The zero-order chi connectivity index (χ0) is 20.4. The number of Topliss-reactive ketones (excluding diaryl/α,β-unsaturated/α-hetero) is 1. The standard InChI is InChI=1S/C22H36O5/c1-4-5-14-22(2,3)20(25)13-12-17-16(18(23)15-19(17)24)10-8-6-7-9-11-21(26)27/h6,8,12-13,16-18,20,23,25H,4-5,7,9-11,14-15H2,1-3H3,(H,26,27)/b8-6-,13-12+. The Balaban J connectivity index is 2.63. The molecule has 0 aromatic heterocycles. The van der Waals surface area contributed by atoms with Gasteiger partial charge in [0.2, 0.25) is 0 Å². The molecule has 0 radical (unpaired) electrons. The maximum absolute atomic E-state index is 12.3. The summed E-state index contributed by atoms with van der Waals surface area (Å²) in [6.07, 6.45) is 11.2. The lowest BCUT2D eigenvalue weighted by atomic mass is 9.80. The van der Waals surface area contributed by atoms with Crippen LogP contribution in [0.15, 0.2) is 24.3 Å². The highest BCUT2D eigenvalue weighted by molar-refractivity contribution is 5.86. The number of carboxylic acids is 1. The minimum atomic E-state index is -0.800. The van der Waals surface area contributed by atoms with Crippen molar-refractivity contribution in [3.05, 3.63) is 24.3 Å². The Bertz CT molecular complexity index is 535. The Morgan fingerprint density at radius 3 is 2.63 bits per heavy atom. The van der Waals surface area contributed by atoms with E-state index >= 15 is 0 Å². The normalized spacial score (nSPS) is 24.9. The number of unbranched alkanes of at least 4 members (excludes halogenated alkanes) is 2. The predicted molar refractivity (Wildman–Crippen MR) is 106 cm³/mol. The van der Waals surface area contributed by atoms with Gasteiger partial charge in [-0.3, -0.25) is 9.59 Å². The number of carbonyl (C=O) groups excluding carboxylic acids is 1. The Labute approximate surface area is 163 Å². The zero-order valence-electron chi connectivity index (χ0n) is 16.9. The largest absolute Gasteiger partial charge is 0.481 e. The van der Waals surface area contributed by atoms with Crippen molar-refractivity contribution < 1.29 is 24.9 Å². The molecule has 4 unspecified atom stereocenters. The van der Waals surface area contributed by atoms with Crippen LogP contribution in [-0.2, 0) is 9.59 Å². The fourth-order valence-corrected chi connectivity index (χ4v) is 3.53. The monoisotopic (exact) mass is 380 g/mol. The lowest BCUT2D eigenvalue weighted by Crippen LogP contribution is -2.28. The summed E-state index contributed by atoms with van der Waals surface area (Å²) < 4.78 is 0. The van der Waals surface area contributed by atoms with E-state index < -0.39 is 18.2 Å². The summed E-state index contributed by atoms with van der Waals surface area (Å²) in [6.45, 7) is 6.18. The van der Waals surface area contributed by atoms with Crippen LogP contribution in [0.5, 0.6) is 0 Å². The third-order valence-corrected chi connectivity index (χ3v) is 5.55. The van der Waals surface area contributed by atoms with E-state index in [0.29, 0.717) is 19.3 Å². The number of carboxylic acid groups (broad SMARTS) is 1. The highest BCUT2D eigenvalue weighted by Crippen LogP contribution is 2.35. The van der Waals surface area contributed by atoms with Crippen molar-refractivity contribution in [3.8, 4) is 0 Å². The number of hydrogen-bond acceptors (Lipinski definition) is 4. The fraction of sp³-hybridized carbons (Fsp3) is 0.727. The molecule has 1 saturated carbocycles. The fourth-order valence-electron chi connectivity index (χ4n) is 3.53. The molecule has 0 aromatic rings. The SMILES string of the molecule is CCCCC(C)(C)C(O)/C=C/C1C(=O)CC(O)C1C/C=C\CCCC(=O)O. The average Bonchev–Trinajstić information content (AvgIpc) is 2.86. The van der Waals surface area contributed by atoms with Gasteiger partial charge in [0, 0.05) is 24.7 Å². The van der Waals surface area contributed by atoms with Gasteiger partial charge in [0.25, 0.3) is 0 Å². The molecular formula is C22H36O5. The second-order valence-electron chi connectivity index (χ2n) is 8.34. The Kier molecular flexibility index (Phi) is 9.95. The van der Waals surface area contributed by atoms with E-state index in [1.54, 1.807) is 12.2 Å². The molecular weight excluding hydrogens is 344 g/mol. The molecule has 154 valence electrons. The lowest BCUT2D eigenvalue weighted by molar-refractivity contribution is -0.137. The van der Waals surface area contributed by atoms with Gasteiger partial charge in [-0.05, 0) is 31.1 Å². The summed E-state index contributed by atoms with van der Waals surface area (Å²) in [6, 6.07) is 0. The zero-order valence-corrected chi connectivity index (χ0v) is 16.9. The highest BCUT2D eigenvalue weighted by Gasteiger charge is 2.39. The summed E-state index contributed by atoms with van der Waals surface area (Å²) in [7, 11) is 0. The molecule has 1 aliphatic rings. The van der Waals surface area contributed by atoms with Crippen molar-refractivity contribution in [3.63, 3.8) is 0 Å². The van der Waals surface area contributed by atoms with Gasteiger partial charge < -0.3 is 15.3 Å². The van der Waals surface area contributed by atoms with Crippen molar-refractivity contribution in [1.82, 2.24) is 0 Å². The highest BCUT2D eigenvalue weighted by atomic mass is 16.4. The molecule has 3 N–H and O–H groups in total. The average molecular weight is 381 g/mol. The topological polar surface area (TPSA) is 94.8 Å². The molecule has 1 rings (SSSR count). The van der Waals surface area contributed by atoms with Crippen LogP contribution >= 0.6 is 0 Å². The Hall–Kier alpha value is -1.46. The summed E-state index contributed by atoms with van der Waals surface area (Å²) in [5.41, 5.74) is -0.244. The summed E-state index contributed by atoms with van der Waals surface area (Å²) >= 11 is 0. The Morgan fingerprint density at radius 2 is 2.00 bits per heavy atom. The van der Waals surface area contributed by atoms with E-state index in [9.17, 15) is 19.8 Å². The molecule has 1 aliphatic carbocycles. The van der Waals surface area contributed by atoms with Crippen LogP contribution in [-0.4, -0.2) is 39.3 Å². The quantitative estimate of drug-likeness (QED) is 0.353. The van der Waals surface area contributed by atoms with Crippen molar-refractivity contribution >= 4 is 11.8 Å². The molecule has 0 aromatic carbocycles. The molecule has 5 nitrogen and oxygen atoms in total. The number of hydrogen-bond donors (Lipinski definition) is 3. The summed E-state index contributed by atoms with van der Waals surface area (Å²) in [4.78, 5) is 22.8. The molecule has 27 heavy (non-hydrogen) atoms. The second kappa shape index (κ2) is 11.4. The third kappa shape index (κ3) is 7.97. The van der Waals surface area contributed by atoms with Crippen molar-refractivity contribution in [2.24, 2.45) is 17.3 Å². The molecule has 0 saturated heterocycles. The first-order valence-electron chi connectivity index (χ1n) is 10.1. The molecule has 0 amide bonds. The molecule has 0 bridgehead atoms. The molecule has 0 aliphatic heterocycles. The minimum absolute atomic E-state index is 0.0154. The smallest absolute Gasteiger partial charge is 0.303 e. The number of aliphatic carboxylic acids is 1. The van der Waals surface area contributed by atoms with E-state index in [4.69, 9.17) is 5.11 Å². The van der Waals surface area contributed by atoms with Gasteiger partial charge in [0.05, 0.1) is 12.2 Å². The summed E-state index contributed by atoms with van der Waals surface area (Å²) in [5.74, 6) is -1.34. The van der Waals surface area contributed by atoms with Gasteiger partial charge in [0.15, 0.2) is 0 Å². The third-order valence-electron chi connectivity index (χ3n) is 5.55. The van der Waals surface area contributed by atoms with Crippen LogP contribution in [0.4, 0.5) is 0 Å². The first kappa shape index (κ1) is 23.6. The maximum atomic E-state index is 12.3. The van der Waals surface area contributed by atoms with E-state index in [1.165, 1.54) is 0 Å². The number of ketones is 1. The predicted octanol–water partition coefficient (Wildman–Crippen LogP) is 3.89. The molecule has 0 heterocycles. The Morgan fingerprint density at radius 1 is 1.30 bits per heavy atom. The lowest BCUT2D eigenvalue weighted by Gasteiger charge is -2.29. The maximum Gasteiger partial charge on any atom is 0.303 e. The first-order valence-corrected chi connectivity index (χ1v) is 10.1. The van der Waals surface area contributed by atoms with Gasteiger partial charge in [-0.15, -0.1) is 0 Å². The number of aliphatic hydroxyl groups excluding tert-OH is 2. The van der Waals surface area contributed by atoms with E-state index in [2.05, 4.69) is 6.92 Å². The molecule has 5 heteroatoms.